The van der Waals surface area contributed by atoms with Gasteiger partial charge in [0.05, 0.1) is 15.7 Å². The molecule has 0 saturated carbocycles. The number of hydrogen-bond acceptors (Lipinski definition) is 7. The predicted molar refractivity (Wildman–Crippen MR) is 135 cm³/mol. The first kappa shape index (κ1) is 23.7. The summed E-state index contributed by atoms with van der Waals surface area (Å²) in [5.74, 6) is 0.482. The van der Waals surface area contributed by atoms with Crippen molar-refractivity contribution < 1.29 is 9.59 Å². The maximum atomic E-state index is 12.2. The van der Waals surface area contributed by atoms with Gasteiger partial charge in [-0.2, -0.15) is 4.98 Å². The Bertz CT molecular complexity index is 1220. The van der Waals surface area contributed by atoms with Gasteiger partial charge in [-0.1, -0.05) is 18.2 Å². The average Bonchev–Trinajstić information content (AvgIpc) is 2.84. The quantitative estimate of drug-likeness (QED) is 0.356. The molecule has 2 heterocycles. The molecular weight excluding hydrogens is 498 g/mol. The van der Waals surface area contributed by atoms with Crippen LogP contribution in [0.1, 0.15) is 27.9 Å². The van der Waals surface area contributed by atoms with Crippen LogP contribution in [0.15, 0.2) is 53.1 Å². The van der Waals surface area contributed by atoms with E-state index in [1.54, 1.807) is 19.3 Å². The Balaban J connectivity index is 1.51. The van der Waals surface area contributed by atoms with Crippen LogP contribution in [-0.4, -0.2) is 46.8 Å². The number of para-hydroxylation sites is 1. The van der Waals surface area contributed by atoms with E-state index in [4.69, 9.17) is 5.73 Å². The Morgan fingerprint density at radius 1 is 1.15 bits per heavy atom. The smallest absolute Gasteiger partial charge is 0.253 e. The van der Waals surface area contributed by atoms with E-state index >= 15 is 0 Å². The highest BCUT2D eigenvalue weighted by Crippen LogP contribution is 2.28. The number of amides is 2. The number of aromatic nitrogens is 2. The Morgan fingerprint density at radius 3 is 2.76 bits per heavy atom. The monoisotopic (exact) mass is 523 g/mol. The SMILES string of the molecule is CNC(=O)c1ccccc1Nc1nc(Nc2ccc3c(c2)CN(CCC(N)=O)CC3)ncc1Br. The maximum absolute atomic E-state index is 12.2. The number of carbonyl (C=O) groups excluding carboxylic acids is 2. The van der Waals surface area contributed by atoms with E-state index < -0.39 is 0 Å². The second kappa shape index (κ2) is 10.6. The number of rotatable bonds is 8. The van der Waals surface area contributed by atoms with Crippen LogP contribution in [0.5, 0.6) is 0 Å². The number of halogens is 1. The fourth-order valence-electron chi connectivity index (χ4n) is 3.85. The summed E-state index contributed by atoms with van der Waals surface area (Å²) in [6.07, 6.45) is 2.95. The highest BCUT2D eigenvalue weighted by Gasteiger charge is 2.17. The largest absolute Gasteiger partial charge is 0.370 e. The molecule has 2 amide bonds. The van der Waals surface area contributed by atoms with Crippen molar-refractivity contribution in [3.8, 4) is 0 Å². The molecule has 34 heavy (non-hydrogen) atoms. The van der Waals surface area contributed by atoms with Gasteiger partial charge in [0, 0.05) is 45.0 Å². The van der Waals surface area contributed by atoms with Crippen molar-refractivity contribution in [3.05, 3.63) is 69.8 Å². The molecule has 1 aromatic heterocycles. The number of nitrogens with one attached hydrogen (secondary N) is 3. The summed E-state index contributed by atoms with van der Waals surface area (Å²) in [5, 5.41) is 9.13. The van der Waals surface area contributed by atoms with E-state index in [0.717, 1.165) is 25.2 Å². The molecule has 5 N–H and O–H groups in total. The van der Waals surface area contributed by atoms with Crippen LogP contribution in [0.2, 0.25) is 0 Å². The molecular formula is C24H26BrN7O2. The first-order valence-electron chi connectivity index (χ1n) is 10.9. The Morgan fingerprint density at radius 2 is 1.97 bits per heavy atom. The molecule has 1 aliphatic heterocycles. The molecule has 0 saturated heterocycles. The Hall–Kier alpha value is -3.50. The molecule has 0 atom stereocenters. The van der Waals surface area contributed by atoms with Gasteiger partial charge in [-0.3, -0.25) is 14.5 Å². The Labute approximate surface area is 206 Å². The van der Waals surface area contributed by atoms with E-state index in [0.29, 0.717) is 40.5 Å². The molecule has 0 aliphatic carbocycles. The van der Waals surface area contributed by atoms with Crippen LogP contribution in [-0.2, 0) is 17.8 Å². The number of nitrogens with two attached hydrogens (primary N) is 1. The van der Waals surface area contributed by atoms with Crippen LogP contribution >= 0.6 is 15.9 Å². The molecule has 0 unspecified atom stereocenters. The summed E-state index contributed by atoms with van der Waals surface area (Å²) in [6.45, 7) is 2.34. The van der Waals surface area contributed by atoms with Crippen molar-refractivity contribution in [2.24, 2.45) is 5.73 Å². The van der Waals surface area contributed by atoms with Crippen molar-refractivity contribution in [3.63, 3.8) is 0 Å². The molecule has 0 bridgehead atoms. The highest BCUT2D eigenvalue weighted by molar-refractivity contribution is 9.10. The molecule has 10 heteroatoms. The summed E-state index contributed by atoms with van der Waals surface area (Å²) < 4.78 is 0.667. The van der Waals surface area contributed by atoms with Gasteiger partial charge >= 0.3 is 0 Å². The molecule has 0 fully saturated rings. The van der Waals surface area contributed by atoms with Crippen molar-refractivity contribution in [1.82, 2.24) is 20.2 Å². The summed E-state index contributed by atoms with van der Waals surface area (Å²) >= 11 is 3.48. The minimum absolute atomic E-state index is 0.189. The van der Waals surface area contributed by atoms with E-state index in [1.807, 2.05) is 24.3 Å². The second-order valence-corrected chi connectivity index (χ2v) is 8.85. The van der Waals surface area contributed by atoms with Crippen molar-refractivity contribution in [2.45, 2.75) is 19.4 Å². The Kier molecular flexibility index (Phi) is 7.39. The third-order valence-corrected chi connectivity index (χ3v) is 6.20. The van der Waals surface area contributed by atoms with E-state index in [2.05, 4.69) is 58.9 Å². The number of carbonyl (C=O) groups is 2. The standard InChI is InChI=1S/C24H26BrN7O2/c1-27-23(34)18-4-2-3-5-20(18)30-22-19(25)13-28-24(31-22)29-17-7-6-15-8-10-32(11-9-21(26)33)14-16(15)12-17/h2-7,12-13H,8-11,14H2,1H3,(H2,26,33)(H,27,34)(H2,28,29,30,31). The maximum Gasteiger partial charge on any atom is 0.253 e. The minimum atomic E-state index is -0.282. The molecule has 2 aromatic carbocycles. The van der Waals surface area contributed by atoms with Crippen LogP contribution in [0.3, 0.4) is 0 Å². The van der Waals surface area contributed by atoms with Gasteiger partial charge in [-0.25, -0.2) is 4.98 Å². The first-order chi connectivity index (χ1) is 16.4. The van der Waals surface area contributed by atoms with Gasteiger partial charge in [0.25, 0.3) is 5.91 Å². The minimum Gasteiger partial charge on any atom is -0.370 e. The first-order valence-corrected chi connectivity index (χ1v) is 11.7. The lowest BCUT2D eigenvalue weighted by molar-refractivity contribution is -0.118. The second-order valence-electron chi connectivity index (χ2n) is 7.99. The predicted octanol–water partition coefficient (Wildman–Crippen LogP) is 3.32. The fourth-order valence-corrected chi connectivity index (χ4v) is 4.14. The van der Waals surface area contributed by atoms with Crippen LogP contribution < -0.4 is 21.7 Å². The van der Waals surface area contributed by atoms with E-state index in [9.17, 15) is 9.59 Å². The number of anilines is 4. The summed E-state index contributed by atoms with van der Waals surface area (Å²) in [7, 11) is 1.59. The third-order valence-electron chi connectivity index (χ3n) is 5.62. The van der Waals surface area contributed by atoms with Gasteiger partial charge in [0.15, 0.2) is 0 Å². The summed E-state index contributed by atoms with van der Waals surface area (Å²) in [5.41, 5.74) is 9.82. The number of fused-ring (bicyclic) bond motifs is 1. The lowest BCUT2D eigenvalue weighted by atomic mass is 9.99. The zero-order chi connectivity index (χ0) is 24.1. The molecule has 0 radical (unpaired) electrons. The number of nitrogens with zero attached hydrogens (tertiary/aromatic N) is 3. The van der Waals surface area contributed by atoms with Gasteiger partial charge < -0.3 is 21.7 Å². The van der Waals surface area contributed by atoms with Gasteiger partial charge in [0.1, 0.15) is 5.82 Å². The molecule has 3 aromatic rings. The molecule has 4 rings (SSSR count). The van der Waals surface area contributed by atoms with Gasteiger partial charge in [-0.05, 0) is 57.7 Å². The van der Waals surface area contributed by atoms with Gasteiger partial charge in [0.2, 0.25) is 11.9 Å². The zero-order valence-electron chi connectivity index (χ0n) is 18.8. The third kappa shape index (κ3) is 5.70. The van der Waals surface area contributed by atoms with Crippen molar-refractivity contribution >= 4 is 50.9 Å². The highest BCUT2D eigenvalue weighted by atomic mass is 79.9. The number of primary amides is 1. The lowest BCUT2D eigenvalue weighted by Gasteiger charge is -2.28. The van der Waals surface area contributed by atoms with Crippen LogP contribution in [0.25, 0.3) is 0 Å². The summed E-state index contributed by atoms with van der Waals surface area (Å²) in [4.78, 5) is 34.5. The van der Waals surface area contributed by atoms with E-state index in [-0.39, 0.29) is 11.8 Å². The average molecular weight is 524 g/mol. The number of hydrogen-bond donors (Lipinski definition) is 4. The van der Waals surface area contributed by atoms with Crippen molar-refractivity contribution in [2.75, 3.05) is 30.8 Å². The summed E-state index contributed by atoms with van der Waals surface area (Å²) in [6, 6.07) is 13.4. The van der Waals surface area contributed by atoms with Crippen LogP contribution in [0, 0.1) is 0 Å². The lowest BCUT2D eigenvalue weighted by Crippen LogP contribution is -2.33. The van der Waals surface area contributed by atoms with Crippen molar-refractivity contribution in [1.29, 1.82) is 0 Å². The number of benzene rings is 2. The van der Waals surface area contributed by atoms with Gasteiger partial charge in [-0.15, -0.1) is 0 Å². The van der Waals surface area contributed by atoms with E-state index in [1.165, 1.54) is 11.1 Å². The molecule has 176 valence electrons. The molecule has 1 aliphatic rings. The van der Waals surface area contributed by atoms with Crippen LogP contribution in [0.4, 0.5) is 23.1 Å². The molecule has 0 spiro atoms. The topological polar surface area (TPSA) is 125 Å². The fraction of sp³-hybridized carbons (Fsp3) is 0.250. The zero-order valence-corrected chi connectivity index (χ0v) is 20.4. The molecule has 9 nitrogen and oxygen atoms in total. The normalized spacial score (nSPS) is 13.1.